The van der Waals surface area contributed by atoms with Gasteiger partial charge in [-0.25, -0.2) is 4.79 Å². The summed E-state index contributed by atoms with van der Waals surface area (Å²) in [4.78, 5) is 26.4. The molecule has 0 amide bonds. The van der Waals surface area contributed by atoms with Crippen LogP contribution in [0, 0.1) is 6.92 Å². The van der Waals surface area contributed by atoms with Gasteiger partial charge in [0.25, 0.3) is 5.56 Å². The summed E-state index contributed by atoms with van der Waals surface area (Å²) in [6.45, 7) is 1.94. The number of alkyl halides is 1. The van der Waals surface area contributed by atoms with Gasteiger partial charge in [0, 0.05) is 64.6 Å². The fraction of sp³-hybridized carbons (Fsp3) is 0.867. The molecular formula is C30H49FN2O7. The summed E-state index contributed by atoms with van der Waals surface area (Å²) in [5.41, 5.74) is -0.214. The van der Waals surface area contributed by atoms with E-state index in [1.165, 1.54) is 15.6 Å². The van der Waals surface area contributed by atoms with Crippen molar-refractivity contribution in [2.75, 3.05) is 27.5 Å². The zero-order valence-corrected chi connectivity index (χ0v) is 24.7. The van der Waals surface area contributed by atoms with E-state index in [1.54, 1.807) is 27.3 Å². The predicted octanol–water partition coefficient (Wildman–Crippen LogP) is 5.15. The van der Waals surface area contributed by atoms with E-state index < -0.39 is 29.6 Å². The molecule has 2 heterocycles. The summed E-state index contributed by atoms with van der Waals surface area (Å²) >= 11 is 0. The highest BCUT2D eigenvalue weighted by atomic mass is 19.1. The zero-order valence-electron chi connectivity index (χ0n) is 24.7. The largest absolute Gasteiger partial charge is 0.353 e. The minimum Gasteiger partial charge on any atom is -0.353 e. The highest BCUT2D eigenvalue weighted by Gasteiger charge is 2.45. The van der Waals surface area contributed by atoms with Crippen LogP contribution in [0.2, 0.25) is 0 Å². The Labute approximate surface area is 237 Å². The molecule has 0 bridgehead atoms. The summed E-state index contributed by atoms with van der Waals surface area (Å²) in [6, 6.07) is 0. The third-order valence-electron chi connectivity index (χ3n) is 8.97. The number of hydrogen-bond acceptors (Lipinski definition) is 7. The number of hydrogen-bond donors (Lipinski definition) is 0. The topological polar surface area (TPSA) is 90.2 Å². The Morgan fingerprint density at radius 3 is 2.17 bits per heavy atom. The van der Waals surface area contributed by atoms with Gasteiger partial charge in [-0.05, 0) is 45.4 Å². The molecule has 0 spiro atoms. The molecule has 1 aromatic rings. The number of aryl methyl sites for hydroxylation is 1. The average Bonchev–Trinajstić information content (AvgIpc) is 3.38. The van der Waals surface area contributed by atoms with Crippen LogP contribution in [0.3, 0.4) is 0 Å². The molecule has 1 aromatic heterocycles. The molecule has 4 rings (SSSR count). The fourth-order valence-electron chi connectivity index (χ4n) is 6.49. The van der Waals surface area contributed by atoms with Crippen molar-refractivity contribution >= 4 is 0 Å². The highest BCUT2D eigenvalue weighted by molar-refractivity contribution is 5.04. The molecular weight excluding hydrogens is 519 g/mol. The molecule has 10 heteroatoms. The fourth-order valence-corrected chi connectivity index (χ4v) is 6.49. The second-order valence-corrected chi connectivity index (χ2v) is 11.7. The van der Waals surface area contributed by atoms with Gasteiger partial charge in [-0.15, -0.1) is 0 Å². The maximum Gasteiger partial charge on any atom is 0.333 e. The van der Waals surface area contributed by atoms with Crippen LogP contribution in [0.25, 0.3) is 0 Å². The van der Waals surface area contributed by atoms with Crippen molar-refractivity contribution < 1.29 is 28.1 Å². The minimum absolute atomic E-state index is 0.275. The lowest BCUT2D eigenvalue weighted by Gasteiger charge is -2.40. The summed E-state index contributed by atoms with van der Waals surface area (Å²) in [5.74, 6) is -1.31. The molecule has 1 aliphatic heterocycles. The standard InChI is InChI=1S/C30H49FN2O7/c1-23-21-33(28(35)32(27(23)34)19-13-5-4-12-18-31)26-20-24(40-30(37-3)16-10-7-11-17-30)25(39-26)22-38-29(36-2)14-8-6-9-15-29/h21,24-26H,4-20,22H2,1-3H3/t24-,25+,26+/m0/s1/i31+0. The first-order valence-electron chi connectivity index (χ1n) is 15.3. The smallest absolute Gasteiger partial charge is 0.333 e. The number of halogens is 1. The molecule has 40 heavy (non-hydrogen) atoms. The van der Waals surface area contributed by atoms with Gasteiger partial charge in [0.2, 0.25) is 0 Å². The first kappa shape index (κ1) is 31.3. The van der Waals surface area contributed by atoms with Crippen molar-refractivity contribution in [3.8, 4) is 0 Å². The number of nitrogens with zero attached hydrogens (tertiary/aromatic N) is 2. The molecule has 3 atom stereocenters. The lowest BCUT2D eigenvalue weighted by molar-refractivity contribution is -0.282. The maximum absolute atomic E-state index is 13.5. The van der Waals surface area contributed by atoms with Crippen LogP contribution < -0.4 is 11.2 Å². The third-order valence-corrected chi connectivity index (χ3v) is 8.97. The number of unbranched alkanes of at least 4 members (excludes halogenated alkanes) is 3. The predicted molar refractivity (Wildman–Crippen MR) is 149 cm³/mol. The summed E-state index contributed by atoms with van der Waals surface area (Å²) < 4.78 is 46.7. The SMILES string of the molecule is COC1(OC[C@H]2O[C@@H](n3cc(C)c(=O)n(CCCCCC[19F])c3=O)C[C@@H]2OC2(OC)CCCCC2)CCCCC1. The zero-order chi connectivity index (χ0) is 28.6. The lowest BCUT2D eigenvalue weighted by atomic mass is 9.93. The van der Waals surface area contributed by atoms with E-state index in [-0.39, 0.29) is 24.9 Å². The van der Waals surface area contributed by atoms with E-state index in [0.29, 0.717) is 31.4 Å². The molecule has 0 radical (unpaired) electrons. The molecule has 0 N–H and O–H groups in total. The Morgan fingerprint density at radius 1 is 0.925 bits per heavy atom. The van der Waals surface area contributed by atoms with Gasteiger partial charge >= 0.3 is 5.69 Å². The molecule has 2 saturated carbocycles. The number of rotatable bonds is 14. The first-order chi connectivity index (χ1) is 19.4. The molecule has 0 aromatic carbocycles. The third kappa shape index (κ3) is 7.43. The van der Waals surface area contributed by atoms with Crippen molar-refractivity contribution in [2.45, 2.75) is 140 Å². The van der Waals surface area contributed by atoms with E-state index in [0.717, 1.165) is 70.6 Å². The summed E-state index contributed by atoms with van der Waals surface area (Å²) in [7, 11) is 3.39. The van der Waals surface area contributed by atoms with Crippen LogP contribution in [0.15, 0.2) is 15.8 Å². The Bertz CT molecular complexity index is 1050. The van der Waals surface area contributed by atoms with E-state index in [1.807, 2.05) is 0 Å². The van der Waals surface area contributed by atoms with Crippen molar-refractivity contribution in [3.05, 3.63) is 32.6 Å². The van der Waals surface area contributed by atoms with Gasteiger partial charge in [-0.1, -0.05) is 25.7 Å². The van der Waals surface area contributed by atoms with Crippen molar-refractivity contribution in [3.63, 3.8) is 0 Å². The number of ether oxygens (including phenoxy) is 5. The molecule has 3 aliphatic rings. The molecule has 9 nitrogen and oxygen atoms in total. The van der Waals surface area contributed by atoms with Gasteiger partial charge < -0.3 is 23.7 Å². The van der Waals surface area contributed by atoms with Crippen LogP contribution >= 0.6 is 0 Å². The summed E-state index contributed by atoms with van der Waals surface area (Å²) in [6.07, 6.45) is 13.1. The van der Waals surface area contributed by atoms with E-state index in [4.69, 9.17) is 23.7 Å². The van der Waals surface area contributed by atoms with Crippen molar-refractivity contribution in [1.82, 2.24) is 9.13 Å². The first-order valence-corrected chi connectivity index (χ1v) is 15.3. The van der Waals surface area contributed by atoms with Gasteiger partial charge in [-0.2, -0.15) is 0 Å². The van der Waals surface area contributed by atoms with E-state index in [2.05, 4.69) is 0 Å². The van der Waals surface area contributed by atoms with Crippen molar-refractivity contribution in [2.24, 2.45) is 0 Å². The second kappa shape index (κ2) is 14.5. The van der Waals surface area contributed by atoms with Gasteiger partial charge in [-0.3, -0.25) is 18.3 Å². The van der Waals surface area contributed by atoms with Crippen LogP contribution in [0.1, 0.15) is 108 Å². The molecule has 3 fully saturated rings. The Balaban J connectivity index is 1.55. The van der Waals surface area contributed by atoms with Gasteiger partial charge in [0.15, 0.2) is 11.6 Å². The number of methoxy groups -OCH3 is 2. The molecule has 1 saturated heterocycles. The highest BCUT2D eigenvalue weighted by Crippen LogP contribution is 2.40. The van der Waals surface area contributed by atoms with Crippen LogP contribution in [0.4, 0.5) is 4.39 Å². The van der Waals surface area contributed by atoms with Crippen LogP contribution in [0.5, 0.6) is 0 Å². The molecule has 0 unspecified atom stereocenters. The Morgan fingerprint density at radius 2 is 1.55 bits per heavy atom. The average molecular weight is 569 g/mol. The van der Waals surface area contributed by atoms with Gasteiger partial charge in [0.1, 0.15) is 12.3 Å². The Kier molecular flexibility index (Phi) is 11.4. The van der Waals surface area contributed by atoms with E-state index >= 15 is 0 Å². The van der Waals surface area contributed by atoms with Gasteiger partial charge in [0.05, 0.1) is 19.4 Å². The monoisotopic (exact) mass is 568 g/mol. The van der Waals surface area contributed by atoms with Crippen LogP contribution in [-0.2, 0) is 30.2 Å². The number of aromatic nitrogens is 2. The molecule has 228 valence electrons. The quantitative estimate of drug-likeness (QED) is 0.226. The maximum atomic E-state index is 13.5. The lowest BCUT2D eigenvalue weighted by Crippen LogP contribution is -2.45. The normalized spacial score (nSPS) is 26.2. The Hall–Kier alpha value is -1.59. The van der Waals surface area contributed by atoms with Crippen molar-refractivity contribution in [1.29, 1.82) is 0 Å². The molecule has 2 aliphatic carbocycles. The van der Waals surface area contributed by atoms with E-state index in [9.17, 15) is 14.0 Å². The summed E-state index contributed by atoms with van der Waals surface area (Å²) in [5, 5.41) is 0. The minimum atomic E-state index is -0.678. The van der Waals surface area contributed by atoms with Crippen LogP contribution in [-0.4, -0.2) is 60.4 Å². The second-order valence-electron chi connectivity index (χ2n) is 11.7.